The quantitative estimate of drug-likeness (QED) is 0.740. The fourth-order valence-electron chi connectivity index (χ4n) is 0.894. The first-order chi connectivity index (χ1) is 12.2. The number of amides is 2. The number of hydrogen-bond acceptors (Lipinski definition) is 4. The van der Waals surface area contributed by atoms with Gasteiger partial charge in [0.25, 0.3) is 0 Å². The Hall–Kier alpha value is -1.46. The van der Waals surface area contributed by atoms with Gasteiger partial charge in [-0.2, -0.15) is 0 Å². The highest BCUT2D eigenvalue weighted by atomic mass is 16.6. The number of carbonyl (C=O) groups is 2. The minimum Gasteiger partial charge on any atom is -0.449 e. The molecule has 0 aliphatic rings. The molecule has 0 saturated heterocycles. The van der Waals surface area contributed by atoms with Crippen molar-refractivity contribution in [1.82, 2.24) is 5.32 Å². The van der Waals surface area contributed by atoms with Crippen LogP contribution in [0.2, 0.25) is 0 Å². The Bertz CT molecular complexity index is 576. The van der Waals surface area contributed by atoms with Crippen molar-refractivity contribution in [2.24, 2.45) is 11.1 Å². The Morgan fingerprint density at radius 1 is 1.44 bits per heavy atom. The number of carbonyl (C=O) groups excluding carboxylic acids is 2. The number of alkyl carbamates (subject to hydrolysis) is 1. The van der Waals surface area contributed by atoms with Gasteiger partial charge in [-0.25, -0.2) is 9.59 Å². The van der Waals surface area contributed by atoms with Gasteiger partial charge in [-0.15, -0.1) is 0 Å². The summed E-state index contributed by atoms with van der Waals surface area (Å²) in [7, 11) is 0. The van der Waals surface area contributed by atoms with E-state index in [4.69, 9.17) is 24.2 Å². The van der Waals surface area contributed by atoms with E-state index in [-0.39, 0.29) is 0 Å². The van der Waals surface area contributed by atoms with E-state index in [0.717, 1.165) is 0 Å². The third-order valence-corrected chi connectivity index (χ3v) is 1.62. The lowest BCUT2D eigenvalue weighted by Gasteiger charge is -2.27. The van der Waals surface area contributed by atoms with E-state index in [1.807, 2.05) is 0 Å². The zero-order valence-electron chi connectivity index (χ0n) is 20.2. The first-order valence-corrected chi connectivity index (χ1v) is 5.08. The van der Waals surface area contributed by atoms with E-state index < -0.39 is 63.3 Å². The molecule has 1 unspecified atom stereocenters. The highest BCUT2D eigenvalue weighted by Crippen LogP contribution is 2.24. The Morgan fingerprint density at radius 2 is 2.11 bits per heavy atom. The van der Waals surface area contributed by atoms with Crippen molar-refractivity contribution in [2.75, 3.05) is 13.2 Å². The van der Waals surface area contributed by atoms with Gasteiger partial charge in [0.1, 0.15) is 13.2 Å². The van der Waals surface area contributed by atoms with Crippen molar-refractivity contribution in [3.05, 3.63) is 0 Å². The fraction of sp³-hybridized carbons (Fsp3) is 0.833. The van der Waals surface area contributed by atoms with Gasteiger partial charge < -0.3 is 20.5 Å². The number of nitrogens with two attached hydrogens (primary N) is 1. The van der Waals surface area contributed by atoms with Crippen LogP contribution in [0.15, 0.2) is 0 Å². The molecule has 1 atom stereocenters. The molecule has 0 aliphatic heterocycles. The molecule has 6 nitrogen and oxygen atoms in total. The molecule has 2 amide bonds. The SMILES string of the molecule is [2H]C([2H])([2H])C([2H])([2H])C([2H])([2H])C(COC(N)=O)(COC(=O)NC(C)C)C([2H])([2H])[2H]. The first-order valence-electron chi connectivity index (χ1n) is 10.1. The number of hydrogen-bond donors (Lipinski definition) is 2. The van der Waals surface area contributed by atoms with Crippen LogP contribution in [-0.4, -0.2) is 31.4 Å². The highest BCUT2D eigenvalue weighted by Gasteiger charge is 2.27. The van der Waals surface area contributed by atoms with Crippen LogP contribution < -0.4 is 11.1 Å². The molecule has 0 radical (unpaired) electrons. The van der Waals surface area contributed by atoms with Crippen molar-refractivity contribution in [2.45, 2.75) is 46.3 Å². The molecule has 0 bridgehead atoms. The molecule has 0 spiro atoms. The molecule has 0 rings (SSSR count). The van der Waals surface area contributed by atoms with E-state index in [9.17, 15) is 9.59 Å². The predicted molar refractivity (Wildman–Crippen MR) is 68.2 cm³/mol. The van der Waals surface area contributed by atoms with E-state index >= 15 is 0 Å². The molecule has 0 aromatic heterocycles. The Morgan fingerprint density at radius 3 is 2.61 bits per heavy atom. The summed E-state index contributed by atoms with van der Waals surface area (Å²) in [6.07, 6.45) is -10.1. The van der Waals surface area contributed by atoms with Crippen LogP contribution in [0, 0.1) is 5.41 Å². The molecular weight excluding hydrogens is 236 g/mol. The Balaban J connectivity index is 6.40. The van der Waals surface area contributed by atoms with Crippen molar-refractivity contribution >= 4 is 12.2 Å². The van der Waals surface area contributed by atoms with Crippen molar-refractivity contribution in [3.8, 4) is 0 Å². The van der Waals surface area contributed by atoms with Gasteiger partial charge in [0, 0.05) is 25.2 Å². The van der Waals surface area contributed by atoms with E-state index in [0.29, 0.717) is 0 Å². The highest BCUT2D eigenvalue weighted by molar-refractivity contribution is 5.67. The number of primary amides is 1. The average molecular weight is 270 g/mol. The zero-order chi connectivity index (χ0) is 22.8. The van der Waals surface area contributed by atoms with Gasteiger partial charge >= 0.3 is 12.2 Å². The van der Waals surface area contributed by atoms with Gasteiger partial charge in [-0.1, -0.05) is 20.1 Å². The van der Waals surface area contributed by atoms with Crippen LogP contribution >= 0.6 is 0 Å². The maximum absolute atomic E-state index is 11.8. The lowest BCUT2D eigenvalue weighted by Crippen LogP contribution is -2.37. The summed E-state index contributed by atoms with van der Waals surface area (Å²) in [5.41, 5.74) is 1.73. The molecule has 0 aromatic rings. The summed E-state index contributed by atoms with van der Waals surface area (Å²) in [4.78, 5) is 22.8. The van der Waals surface area contributed by atoms with Crippen LogP contribution in [0.3, 0.4) is 0 Å². The molecule has 0 heterocycles. The lowest BCUT2D eigenvalue weighted by atomic mass is 9.87. The maximum atomic E-state index is 11.8. The first kappa shape index (κ1) is 6.12. The number of rotatable bonds is 7. The number of ether oxygens (including phenoxy) is 2. The van der Waals surface area contributed by atoms with Crippen LogP contribution in [0.25, 0.3) is 0 Å². The Labute approximate surface area is 122 Å². The second-order valence-electron chi connectivity index (χ2n) is 3.81. The summed E-state index contributed by atoms with van der Waals surface area (Å²) in [6.45, 7) is -6.64. The summed E-state index contributed by atoms with van der Waals surface area (Å²) in [5, 5.41) is 2.25. The minimum absolute atomic E-state index is 0.429. The van der Waals surface area contributed by atoms with Gasteiger partial charge in [0.2, 0.25) is 0 Å². The smallest absolute Gasteiger partial charge is 0.407 e. The molecule has 0 aromatic carbocycles. The molecule has 106 valence electrons. The molecule has 0 aliphatic carbocycles. The molecular formula is C12H24N2O4. The molecule has 3 N–H and O–H groups in total. The van der Waals surface area contributed by atoms with Gasteiger partial charge in [-0.05, 0) is 20.2 Å². The van der Waals surface area contributed by atoms with Crippen molar-refractivity contribution in [1.29, 1.82) is 0 Å². The van der Waals surface area contributed by atoms with Crippen LogP contribution in [0.1, 0.15) is 54.0 Å². The fourth-order valence-corrected chi connectivity index (χ4v) is 0.894. The normalized spacial score (nSPS) is 25.1. The van der Waals surface area contributed by atoms with Gasteiger partial charge in [0.15, 0.2) is 0 Å². The van der Waals surface area contributed by atoms with Crippen LogP contribution in [0.5, 0.6) is 0 Å². The number of nitrogens with one attached hydrogen (secondary N) is 1. The molecule has 6 heteroatoms. The standard InChI is InChI=1S/C12H24N2O4/c1-5-6-12(4,7-17-10(13)15)8-18-11(16)14-9(2)3/h9H,5-8H2,1-4H3,(H2,13,15)(H,14,16)/i1D3,4D3,5D2,6D2. The molecule has 0 fully saturated rings. The van der Waals surface area contributed by atoms with E-state index in [1.54, 1.807) is 13.8 Å². The van der Waals surface area contributed by atoms with E-state index in [2.05, 4.69) is 10.1 Å². The minimum atomic E-state index is -3.73. The summed E-state index contributed by atoms with van der Waals surface area (Å²) in [5.74, 6) is 0. The summed E-state index contributed by atoms with van der Waals surface area (Å²) in [6, 6.07) is -0.429. The molecule has 18 heavy (non-hydrogen) atoms. The second-order valence-corrected chi connectivity index (χ2v) is 3.81. The zero-order valence-corrected chi connectivity index (χ0v) is 10.2. The van der Waals surface area contributed by atoms with Crippen LogP contribution in [-0.2, 0) is 9.47 Å². The van der Waals surface area contributed by atoms with Gasteiger partial charge in [0.05, 0.1) is 0 Å². The second kappa shape index (κ2) is 7.79. The predicted octanol–water partition coefficient (Wildman–Crippen LogP) is 2.02. The van der Waals surface area contributed by atoms with Gasteiger partial charge in [-0.3, -0.25) is 0 Å². The summed E-state index contributed by atoms with van der Waals surface area (Å²) >= 11 is 0. The van der Waals surface area contributed by atoms with E-state index in [1.165, 1.54) is 0 Å². The van der Waals surface area contributed by atoms with Crippen molar-refractivity contribution in [3.63, 3.8) is 0 Å². The molecule has 0 saturated carbocycles. The average Bonchev–Trinajstić information content (AvgIpc) is 2.43. The lowest BCUT2D eigenvalue weighted by molar-refractivity contribution is 0.0333. The monoisotopic (exact) mass is 270 g/mol. The van der Waals surface area contributed by atoms with Crippen molar-refractivity contribution < 1.29 is 32.8 Å². The third kappa shape index (κ3) is 7.76. The largest absolute Gasteiger partial charge is 0.449 e. The van der Waals surface area contributed by atoms with Crippen LogP contribution in [0.4, 0.5) is 9.59 Å². The third-order valence-electron chi connectivity index (χ3n) is 1.62. The Kier molecular flexibility index (Phi) is 2.65. The topological polar surface area (TPSA) is 90.7 Å². The maximum Gasteiger partial charge on any atom is 0.407 e. The summed E-state index contributed by atoms with van der Waals surface area (Å²) < 4.78 is 85.8.